The lowest BCUT2D eigenvalue weighted by Crippen LogP contribution is -2.54. The van der Waals surface area contributed by atoms with E-state index in [4.69, 9.17) is 11.6 Å². The number of anilines is 1. The Labute approximate surface area is 149 Å². The van der Waals surface area contributed by atoms with Crippen molar-refractivity contribution in [1.29, 1.82) is 0 Å². The summed E-state index contributed by atoms with van der Waals surface area (Å²) in [5.41, 5.74) is -1.17. The zero-order valence-electron chi connectivity index (χ0n) is 12.5. The van der Waals surface area contributed by atoms with Gasteiger partial charge in [0.25, 0.3) is 5.91 Å². The molecule has 1 aromatic carbocycles. The number of thiazole rings is 1. The third-order valence-corrected chi connectivity index (χ3v) is 4.74. The van der Waals surface area contributed by atoms with E-state index in [2.05, 4.69) is 10.3 Å². The van der Waals surface area contributed by atoms with Gasteiger partial charge in [0.05, 0.1) is 16.5 Å². The molecule has 132 valence electrons. The normalized spacial score (nSPS) is 15.0. The number of alkyl halides is 3. The SMILES string of the molecule is O=C(Nc1nccs1)C1CN(C(=O)c2ccc(Cl)c(C(F)(F)F)c2)C1. The summed E-state index contributed by atoms with van der Waals surface area (Å²) >= 11 is 6.81. The van der Waals surface area contributed by atoms with E-state index in [0.29, 0.717) is 5.13 Å². The Balaban J connectivity index is 1.63. The number of carbonyl (C=O) groups is 2. The van der Waals surface area contributed by atoms with Gasteiger partial charge in [-0.2, -0.15) is 13.2 Å². The van der Waals surface area contributed by atoms with Crippen LogP contribution in [0, 0.1) is 5.92 Å². The summed E-state index contributed by atoms with van der Waals surface area (Å²) in [5, 5.41) is 4.33. The maximum absolute atomic E-state index is 12.9. The fraction of sp³-hybridized carbons (Fsp3) is 0.267. The molecule has 1 aromatic heterocycles. The molecule has 1 aliphatic heterocycles. The Kier molecular flexibility index (Phi) is 4.70. The van der Waals surface area contributed by atoms with Gasteiger partial charge in [0, 0.05) is 30.2 Å². The van der Waals surface area contributed by atoms with E-state index in [-0.39, 0.29) is 24.6 Å². The molecule has 1 fully saturated rings. The highest BCUT2D eigenvalue weighted by Crippen LogP contribution is 2.35. The predicted molar refractivity (Wildman–Crippen MR) is 86.6 cm³/mol. The number of aromatic nitrogens is 1. The molecule has 0 spiro atoms. The summed E-state index contributed by atoms with van der Waals surface area (Å²) in [5.74, 6) is -1.26. The van der Waals surface area contributed by atoms with Gasteiger partial charge in [0.15, 0.2) is 5.13 Å². The zero-order chi connectivity index (χ0) is 18.2. The molecular weight excluding hydrogens is 379 g/mol. The van der Waals surface area contributed by atoms with Gasteiger partial charge in [0.1, 0.15) is 0 Å². The number of carbonyl (C=O) groups excluding carboxylic acids is 2. The molecule has 0 saturated carbocycles. The Morgan fingerprint density at radius 2 is 2.04 bits per heavy atom. The molecule has 2 aromatic rings. The second kappa shape index (κ2) is 6.64. The third-order valence-electron chi connectivity index (χ3n) is 3.72. The first-order valence-electron chi connectivity index (χ1n) is 7.12. The molecule has 1 N–H and O–H groups in total. The summed E-state index contributed by atoms with van der Waals surface area (Å²) in [6.07, 6.45) is -3.09. The number of nitrogens with zero attached hydrogens (tertiary/aromatic N) is 2. The minimum atomic E-state index is -4.64. The minimum Gasteiger partial charge on any atom is -0.337 e. The van der Waals surface area contributed by atoms with Crippen molar-refractivity contribution in [2.75, 3.05) is 18.4 Å². The summed E-state index contributed by atoms with van der Waals surface area (Å²) < 4.78 is 38.6. The summed E-state index contributed by atoms with van der Waals surface area (Å²) in [6.45, 7) is 0.278. The Bertz CT molecular complexity index is 805. The number of halogens is 4. The van der Waals surface area contributed by atoms with Crippen LogP contribution < -0.4 is 5.32 Å². The highest BCUT2D eigenvalue weighted by molar-refractivity contribution is 7.13. The van der Waals surface area contributed by atoms with Crippen LogP contribution >= 0.6 is 22.9 Å². The van der Waals surface area contributed by atoms with Crippen LogP contribution in [0.1, 0.15) is 15.9 Å². The van der Waals surface area contributed by atoms with Gasteiger partial charge >= 0.3 is 6.18 Å². The first-order chi connectivity index (χ1) is 11.8. The van der Waals surface area contributed by atoms with E-state index in [0.717, 1.165) is 12.1 Å². The van der Waals surface area contributed by atoms with Crippen LogP contribution in [-0.4, -0.2) is 34.8 Å². The predicted octanol–water partition coefficient (Wildman–Crippen LogP) is 3.53. The van der Waals surface area contributed by atoms with E-state index in [1.54, 1.807) is 11.6 Å². The van der Waals surface area contributed by atoms with E-state index in [9.17, 15) is 22.8 Å². The van der Waals surface area contributed by atoms with Gasteiger partial charge < -0.3 is 10.2 Å². The quantitative estimate of drug-likeness (QED) is 0.873. The van der Waals surface area contributed by atoms with Crippen LogP contribution in [0.4, 0.5) is 18.3 Å². The standard InChI is InChI=1S/C15H11ClF3N3O2S/c16-11-2-1-8(5-10(11)15(17,18)19)13(24)22-6-9(7-22)12(23)21-14-20-3-4-25-14/h1-5,9H,6-7H2,(H,20,21,23). The second-order valence-electron chi connectivity index (χ2n) is 5.43. The zero-order valence-corrected chi connectivity index (χ0v) is 14.1. The molecular formula is C15H11ClF3N3O2S. The lowest BCUT2D eigenvalue weighted by atomic mass is 9.97. The molecule has 1 saturated heterocycles. The number of rotatable bonds is 3. The van der Waals surface area contributed by atoms with Crippen molar-refractivity contribution >= 4 is 39.9 Å². The van der Waals surface area contributed by atoms with Gasteiger partial charge in [-0.1, -0.05) is 11.6 Å². The largest absolute Gasteiger partial charge is 0.417 e. The number of hydrogen-bond donors (Lipinski definition) is 1. The van der Waals surface area contributed by atoms with Crippen molar-refractivity contribution < 1.29 is 22.8 Å². The summed E-state index contributed by atoms with van der Waals surface area (Å²) in [4.78, 5) is 29.5. The maximum Gasteiger partial charge on any atom is 0.417 e. The molecule has 2 heterocycles. The van der Waals surface area contributed by atoms with Gasteiger partial charge in [-0.25, -0.2) is 4.98 Å². The van der Waals surface area contributed by atoms with E-state index < -0.39 is 28.6 Å². The molecule has 0 bridgehead atoms. The molecule has 25 heavy (non-hydrogen) atoms. The molecule has 0 unspecified atom stereocenters. The Morgan fingerprint density at radius 1 is 1.32 bits per heavy atom. The fourth-order valence-electron chi connectivity index (χ4n) is 2.36. The number of benzene rings is 1. The lowest BCUT2D eigenvalue weighted by Gasteiger charge is -2.38. The molecule has 0 radical (unpaired) electrons. The lowest BCUT2D eigenvalue weighted by molar-refractivity contribution is -0.137. The first kappa shape index (κ1) is 17.7. The number of likely N-dealkylation sites (tertiary alicyclic amines) is 1. The highest BCUT2D eigenvalue weighted by atomic mass is 35.5. The van der Waals surface area contributed by atoms with Gasteiger partial charge in [-0.3, -0.25) is 9.59 Å². The van der Waals surface area contributed by atoms with Gasteiger partial charge in [-0.15, -0.1) is 11.3 Å². The minimum absolute atomic E-state index is 0.115. The second-order valence-corrected chi connectivity index (χ2v) is 6.73. The van der Waals surface area contributed by atoms with Crippen molar-refractivity contribution in [1.82, 2.24) is 9.88 Å². The number of nitrogens with one attached hydrogen (secondary N) is 1. The highest BCUT2D eigenvalue weighted by Gasteiger charge is 2.38. The smallest absolute Gasteiger partial charge is 0.337 e. The molecule has 1 aliphatic rings. The van der Waals surface area contributed by atoms with Crippen LogP contribution in [0.5, 0.6) is 0 Å². The van der Waals surface area contributed by atoms with Gasteiger partial charge in [0.2, 0.25) is 5.91 Å². The summed E-state index contributed by atoms with van der Waals surface area (Å²) in [7, 11) is 0. The molecule has 2 amide bonds. The monoisotopic (exact) mass is 389 g/mol. The van der Waals surface area contributed by atoms with Crippen LogP contribution in [0.25, 0.3) is 0 Å². The topological polar surface area (TPSA) is 62.3 Å². The van der Waals surface area contributed by atoms with Crippen LogP contribution in [0.15, 0.2) is 29.8 Å². The molecule has 10 heteroatoms. The molecule has 0 atom stereocenters. The summed E-state index contributed by atoms with van der Waals surface area (Å²) in [6, 6.07) is 3.01. The van der Waals surface area contributed by atoms with E-state index >= 15 is 0 Å². The van der Waals surface area contributed by atoms with Crippen molar-refractivity contribution in [3.05, 3.63) is 45.9 Å². The number of amides is 2. The van der Waals surface area contributed by atoms with Crippen LogP contribution in [0.3, 0.4) is 0 Å². The fourth-order valence-corrected chi connectivity index (χ4v) is 3.12. The van der Waals surface area contributed by atoms with Crippen molar-refractivity contribution in [2.24, 2.45) is 5.92 Å². The Morgan fingerprint density at radius 3 is 2.64 bits per heavy atom. The van der Waals surface area contributed by atoms with Crippen LogP contribution in [-0.2, 0) is 11.0 Å². The molecule has 0 aliphatic carbocycles. The van der Waals surface area contributed by atoms with E-state index in [1.807, 2.05) is 0 Å². The third kappa shape index (κ3) is 3.77. The molecule has 5 nitrogen and oxygen atoms in total. The molecule has 3 rings (SSSR count). The van der Waals surface area contributed by atoms with Crippen molar-refractivity contribution in [3.8, 4) is 0 Å². The average Bonchev–Trinajstić information content (AvgIpc) is 2.97. The Hall–Kier alpha value is -2.13. The van der Waals surface area contributed by atoms with Gasteiger partial charge in [-0.05, 0) is 18.2 Å². The van der Waals surface area contributed by atoms with Crippen molar-refractivity contribution in [2.45, 2.75) is 6.18 Å². The first-order valence-corrected chi connectivity index (χ1v) is 8.38. The number of hydrogen-bond acceptors (Lipinski definition) is 4. The van der Waals surface area contributed by atoms with E-state index in [1.165, 1.54) is 22.3 Å². The maximum atomic E-state index is 12.9. The van der Waals surface area contributed by atoms with Crippen molar-refractivity contribution in [3.63, 3.8) is 0 Å². The average molecular weight is 390 g/mol. The van der Waals surface area contributed by atoms with Crippen LogP contribution in [0.2, 0.25) is 5.02 Å².